The van der Waals surface area contributed by atoms with E-state index in [1.807, 2.05) is 18.9 Å². The summed E-state index contributed by atoms with van der Waals surface area (Å²) in [5.41, 5.74) is 6.19. The Morgan fingerprint density at radius 2 is 1.79 bits per heavy atom. The standard InChI is InChI=1S/C15H28N2O2/c1-9-10(2)19-11(3)14(9)15(18)17(4)13-8-6-5-7-12(13)16/h9-14H,5-8,16H2,1-4H3. The number of hydrogen-bond acceptors (Lipinski definition) is 3. The van der Waals surface area contributed by atoms with E-state index in [-0.39, 0.29) is 42.0 Å². The minimum Gasteiger partial charge on any atom is -0.374 e. The zero-order chi connectivity index (χ0) is 14.2. The van der Waals surface area contributed by atoms with Crippen molar-refractivity contribution in [3.8, 4) is 0 Å². The van der Waals surface area contributed by atoms with E-state index in [2.05, 4.69) is 13.8 Å². The van der Waals surface area contributed by atoms with E-state index in [1.165, 1.54) is 12.8 Å². The second-order valence-electron chi connectivity index (χ2n) is 6.40. The predicted molar refractivity (Wildman–Crippen MR) is 75.7 cm³/mol. The molecule has 0 aromatic heterocycles. The molecule has 4 heteroatoms. The number of amides is 1. The molecule has 0 aromatic rings. The molecule has 110 valence electrons. The van der Waals surface area contributed by atoms with Gasteiger partial charge >= 0.3 is 0 Å². The molecule has 1 aliphatic carbocycles. The number of rotatable bonds is 2. The van der Waals surface area contributed by atoms with Crippen LogP contribution in [-0.2, 0) is 9.53 Å². The van der Waals surface area contributed by atoms with Crippen LogP contribution < -0.4 is 5.73 Å². The van der Waals surface area contributed by atoms with Gasteiger partial charge in [0.1, 0.15) is 0 Å². The van der Waals surface area contributed by atoms with Crippen molar-refractivity contribution in [2.45, 2.75) is 70.7 Å². The SMILES string of the molecule is CC1OC(C)C(C(=O)N(C)C2CCCCC2N)C1C. The molecule has 1 amide bonds. The van der Waals surface area contributed by atoms with Crippen molar-refractivity contribution in [2.24, 2.45) is 17.6 Å². The summed E-state index contributed by atoms with van der Waals surface area (Å²) in [6, 6.07) is 0.338. The lowest BCUT2D eigenvalue weighted by Gasteiger charge is -2.38. The van der Waals surface area contributed by atoms with E-state index >= 15 is 0 Å². The number of nitrogens with two attached hydrogens (primary N) is 1. The van der Waals surface area contributed by atoms with Gasteiger partial charge in [-0.2, -0.15) is 0 Å². The quantitative estimate of drug-likeness (QED) is 0.830. The fraction of sp³-hybridized carbons (Fsp3) is 0.933. The smallest absolute Gasteiger partial charge is 0.228 e. The number of carbonyl (C=O) groups is 1. The molecule has 0 radical (unpaired) electrons. The van der Waals surface area contributed by atoms with Crippen LogP contribution in [0.3, 0.4) is 0 Å². The molecule has 1 aliphatic heterocycles. The summed E-state index contributed by atoms with van der Waals surface area (Å²) in [6.45, 7) is 6.18. The van der Waals surface area contributed by atoms with Gasteiger partial charge in [-0.05, 0) is 32.6 Å². The maximum atomic E-state index is 12.7. The monoisotopic (exact) mass is 268 g/mol. The van der Waals surface area contributed by atoms with Crippen LogP contribution in [0.2, 0.25) is 0 Å². The lowest BCUT2D eigenvalue weighted by Crippen LogP contribution is -2.52. The van der Waals surface area contributed by atoms with Gasteiger partial charge in [0.2, 0.25) is 5.91 Å². The van der Waals surface area contributed by atoms with E-state index in [1.54, 1.807) is 0 Å². The second kappa shape index (κ2) is 5.80. The van der Waals surface area contributed by atoms with Crippen molar-refractivity contribution in [1.82, 2.24) is 4.90 Å². The number of hydrogen-bond donors (Lipinski definition) is 1. The summed E-state index contributed by atoms with van der Waals surface area (Å²) in [7, 11) is 1.92. The molecule has 1 heterocycles. The van der Waals surface area contributed by atoms with Gasteiger partial charge < -0.3 is 15.4 Å². The summed E-state index contributed by atoms with van der Waals surface area (Å²) >= 11 is 0. The number of carbonyl (C=O) groups excluding carboxylic acids is 1. The lowest BCUT2D eigenvalue weighted by molar-refractivity contribution is -0.139. The van der Waals surface area contributed by atoms with Crippen LogP contribution in [0.15, 0.2) is 0 Å². The summed E-state index contributed by atoms with van der Waals surface area (Å²) in [5, 5.41) is 0. The predicted octanol–water partition coefficient (Wildman–Crippen LogP) is 1.77. The molecule has 4 nitrogen and oxygen atoms in total. The van der Waals surface area contributed by atoms with Crippen molar-refractivity contribution in [3.05, 3.63) is 0 Å². The first kappa shape index (κ1) is 14.8. The Morgan fingerprint density at radius 1 is 1.16 bits per heavy atom. The lowest BCUT2D eigenvalue weighted by atomic mass is 9.85. The molecule has 6 unspecified atom stereocenters. The molecule has 0 spiro atoms. The zero-order valence-corrected chi connectivity index (χ0v) is 12.6. The third kappa shape index (κ3) is 2.79. The molecular weight excluding hydrogens is 240 g/mol. The Bertz CT molecular complexity index is 334. The first-order valence-corrected chi connectivity index (χ1v) is 7.61. The Labute approximate surface area is 116 Å². The van der Waals surface area contributed by atoms with Gasteiger partial charge in [0.15, 0.2) is 0 Å². The topological polar surface area (TPSA) is 55.6 Å². The molecule has 6 atom stereocenters. The van der Waals surface area contributed by atoms with Crippen LogP contribution in [0.5, 0.6) is 0 Å². The van der Waals surface area contributed by atoms with Gasteiger partial charge in [0.05, 0.1) is 18.1 Å². The number of nitrogens with zero attached hydrogens (tertiary/aromatic N) is 1. The molecule has 2 fully saturated rings. The minimum absolute atomic E-state index is 0.0137. The zero-order valence-electron chi connectivity index (χ0n) is 12.6. The van der Waals surface area contributed by atoms with Gasteiger partial charge in [0.25, 0.3) is 0 Å². The van der Waals surface area contributed by atoms with Crippen LogP contribution in [0, 0.1) is 11.8 Å². The fourth-order valence-corrected chi connectivity index (χ4v) is 3.71. The highest BCUT2D eigenvalue weighted by Crippen LogP contribution is 2.34. The maximum Gasteiger partial charge on any atom is 0.228 e. The summed E-state index contributed by atoms with van der Waals surface area (Å²) in [6.07, 6.45) is 4.62. The van der Waals surface area contributed by atoms with E-state index in [0.29, 0.717) is 0 Å². The third-order valence-corrected chi connectivity index (χ3v) is 5.15. The molecule has 1 saturated heterocycles. The molecule has 2 N–H and O–H groups in total. The average molecular weight is 268 g/mol. The first-order chi connectivity index (χ1) is 8.93. The first-order valence-electron chi connectivity index (χ1n) is 7.61. The van der Waals surface area contributed by atoms with Crippen LogP contribution >= 0.6 is 0 Å². The highest BCUT2D eigenvalue weighted by atomic mass is 16.5. The van der Waals surface area contributed by atoms with Crippen LogP contribution in [-0.4, -0.2) is 42.1 Å². The van der Waals surface area contributed by atoms with Crippen molar-refractivity contribution in [3.63, 3.8) is 0 Å². The van der Waals surface area contributed by atoms with E-state index in [9.17, 15) is 4.79 Å². The third-order valence-electron chi connectivity index (χ3n) is 5.15. The van der Waals surface area contributed by atoms with E-state index < -0.39 is 0 Å². The van der Waals surface area contributed by atoms with Crippen molar-refractivity contribution >= 4 is 5.91 Å². The largest absolute Gasteiger partial charge is 0.374 e. The molecule has 0 aromatic carbocycles. The van der Waals surface area contributed by atoms with Crippen LogP contribution in [0.4, 0.5) is 0 Å². The Hall–Kier alpha value is -0.610. The molecule has 0 bridgehead atoms. The Morgan fingerprint density at radius 3 is 2.32 bits per heavy atom. The average Bonchev–Trinajstić information content (AvgIpc) is 2.62. The summed E-state index contributed by atoms with van der Waals surface area (Å²) in [4.78, 5) is 14.7. The number of likely N-dealkylation sites (N-methyl/N-ethyl adjacent to an activating group) is 1. The molecule has 2 aliphatic rings. The van der Waals surface area contributed by atoms with Crippen LogP contribution in [0.1, 0.15) is 46.5 Å². The highest BCUT2D eigenvalue weighted by Gasteiger charge is 2.44. The van der Waals surface area contributed by atoms with Gasteiger partial charge in [-0.15, -0.1) is 0 Å². The maximum absolute atomic E-state index is 12.7. The second-order valence-corrected chi connectivity index (χ2v) is 6.40. The number of ether oxygens (including phenoxy) is 1. The van der Waals surface area contributed by atoms with E-state index in [0.717, 1.165) is 12.8 Å². The Balaban J connectivity index is 2.06. The Kier molecular flexibility index (Phi) is 4.51. The minimum atomic E-state index is -0.0193. The summed E-state index contributed by atoms with van der Waals surface area (Å²) < 4.78 is 5.79. The van der Waals surface area contributed by atoms with Gasteiger partial charge in [0, 0.05) is 19.1 Å². The molecule has 19 heavy (non-hydrogen) atoms. The van der Waals surface area contributed by atoms with Gasteiger partial charge in [-0.1, -0.05) is 19.8 Å². The van der Waals surface area contributed by atoms with E-state index in [4.69, 9.17) is 10.5 Å². The van der Waals surface area contributed by atoms with Crippen molar-refractivity contribution in [2.75, 3.05) is 7.05 Å². The van der Waals surface area contributed by atoms with Crippen molar-refractivity contribution in [1.29, 1.82) is 0 Å². The fourth-order valence-electron chi connectivity index (χ4n) is 3.71. The molecule has 1 saturated carbocycles. The molecule has 2 rings (SSSR count). The van der Waals surface area contributed by atoms with Gasteiger partial charge in [-0.25, -0.2) is 0 Å². The summed E-state index contributed by atoms with van der Waals surface area (Å²) in [5.74, 6) is 0.477. The normalized spacial score (nSPS) is 43.2. The van der Waals surface area contributed by atoms with Gasteiger partial charge in [-0.3, -0.25) is 4.79 Å². The molecular formula is C15H28N2O2. The highest BCUT2D eigenvalue weighted by molar-refractivity contribution is 5.80. The van der Waals surface area contributed by atoms with Crippen molar-refractivity contribution < 1.29 is 9.53 Å². The van der Waals surface area contributed by atoms with Crippen LogP contribution in [0.25, 0.3) is 0 Å².